The van der Waals surface area contributed by atoms with Gasteiger partial charge in [-0.15, -0.1) is 0 Å². The van der Waals surface area contributed by atoms with Crippen LogP contribution in [-0.4, -0.2) is 0 Å². The van der Waals surface area contributed by atoms with Crippen LogP contribution in [0.25, 0.3) is 0 Å². The molecule has 2 rings (SSSR count). The highest BCUT2D eigenvalue weighted by Gasteiger charge is 2.09. The van der Waals surface area contributed by atoms with E-state index in [4.69, 9.17) is 17.3 Å². The van der Waals surface area contributed by atoms with Crippen LogP contribution in [0, 0.1) is 0 Å². The van der Waals surface area contributed by atoms with Gasteiger partial charge in [0.15, 0.2) is 0 Å². The molecule has 0 aliphatic rings. The van der Waals surface area contributed by atoms with Crippen LogP contribution in [0.15, 0.2) is 54.6 Å². The molecule has 0 saturated heterocycles. The van der Waals surface area contributed by atoms with Crippen LogP contribution < -0.4 is 5.73 Å². The van der Waals surface area contributed by atoms with Gasteiger partial charge in [-0.2, -0.15) is 0 Å². The molecule has 2 N–H and O–H groups in total. The summed E-state index contributed by atoms with van der Waals surface area (Å²) in [5, 5.41) is 0.757. The Morgan fingerprint density at radius 1 is 0.941 bits per heavy atom. The van der Waals surface area contributed by atoms with Crippen molar-refractivity contribution in [2.45, 2.75) is 18.9 Å². The zero-order valence-corrected chi connectivity index (χ0v) is 10.4. The van der Waals surface area contributed by atoms with Gasteiger partial charge < -0.3 is 5.73 Å². The van der Waals surface area contributed by atoms with Gasteiger partial charge in [0.2, 0.25) is 0 Å². The molecule has 2 heteroatoms. The molecule has 0 heterocycles. The predicted octanol–water partition coefficient (Wildman–Crippen LogP) is 3.97. The van der Waals surface area contributed by atoms with Gasteiger partial charge >= 0.3 is 0 Å². The second kappa shape index (κ2) is 5.85. The van der Waals surface area contributed by atoms with Gasteiger partial charge in [-0.3, -0.25) is 0 Å². The SMILES string of the molecule is NC(CCc1ccccc1)c1ccccc1Cl. The molecule has 1 atom stereocenters. The first-order chi connectivity index (χ1) is 8.27. The minimum absolute atomic E-state index is 0.00362. The molecule has 1 unspecified atom stereocenters. The normalized spacial score (nSPS) is 12.4. The van der Waals surface area contributed by atoms with E-state index in [1.54, 1.807) is 0 Å². The van der Waals surface area contributed by atoms with Gasteiger partial charge in [-0.25, -0.2) is 0 Å². The van der Waals surface area contributed by atoms with E-state index in [0.29, 0.717) is 0 Å². The minimum Gasteiger partial charge on any atom is -0.324 e. The van der Waals surface area contributed by atoms with Gasteiger partial charge in [-0.1, -0.05) is 60.1 Å². The Labute approximate surface area is 107 Å². The fraction of sp³-hybridized carbons (Fsp3) is 0.200. The Balaban J connectivity index is 1.99. The molecule has 2 aromatic carbocycles. The van der Waals surface area contributed by atoms with Crippen LogP contribution in [0.1, 0.15) is 23.6 Å². The third-order valence-corrected chi connectivity index (χ3v) is 3.24. The fourth-order valence-electron chi connectivity index (χ4n) is 1.90. The second-order valence-corrected chi connectivity index (χ2v) is 4.56. The third kappa shape index (κ3) is 3.32. The summed E-state index contributed by atoms with van der Waals surface area (Å²) in [6.07, 6.45) is 1.89. The number of hydrogen-bond donors (Lipinski definition) is 1. The topological polar surface area (TPSA) is 26.0 Å². The summed E-state index contributed by atoms with van der Waals surface area (Å²) in [5.41, 5.74) is 8.51. The standard InChI is InChI=1S/C15H16ClN/c16-14-9-5-4-8-13(14)15(17)11-10-12-6-2-1-3-7-12/h1-9,15H,10-11,17H2. The molecule has 2 aromatic rings. The molecule has 0 amide bonds. The van der Waals surface area contributed by atoms with E-state index in [-0.39, 0.29) is 6.04 Å². The van der Waals surface area contributed by atoms with Crippen molar-refractivity contribution in [2.24, 2.45) is 5.73 Å². The van der Waals surface area contributed by atoms with Gasteiger partial charge in [0.25, 0.3) is 0 Å². The zero-order valence-electron chi connectivity index (χ0n) is 9.64. The van der Waals surface area contributed by atoms with Crippen LogP contribution in [0.3, 0.4) is 0 Å². The van der Waals surface area contributed by atoms with Gasteiger partial charge in [-0.05, 0) is 30.0 Å². The second-order valence-electron chi connectivity index (χ2n) is 4.15. The maximum absolute atomic E-state index is 6.16. The summed E-state index contributed by atoms with van der Waals surface area (Å²) in [4.78, 5) is 0. The van der Waals surface area contributed by atoms with Gasteiger partial charge in [0, 0.05) is 11.1 Å². The fourth-order valence-corrected chi connectivity index (χ4v) is 2.17. The van der Waals surface area contributed by atoms with Crippen molar-refractivity contribution in [3.63, 3.8) is 0 Å². The molecule has 0 spiro atoms. The molecule has 1 nitrogen and oxygen atoms in total. The lowest BCUT2D eigenvalue weighted by molar-refractivity contribution is 0.651. The molecule has 0 aliphatic carbocycles. The Morgan fingerprint density at radius 2 is 1.59 bits per heavy atom. The zero-order chi connectivity index (χ0) is 12.1. The summed E-state index contributed by atoms with van der Waals surface area (Å²) in [6, 6.07) is 18.2. The Morgan fingerprint density at radius 3 is 2.29 bits per heavy atom. The highest BCUT2D eigenvalue weighted by atomic mass is 35.5. The van der Waals surface area contributed by atoms with Crippen molar-refractivity contribution in [2.75, 3.05) is 0 Å². The molecule has 88 valence electrons. The number of hydrogen-bond acceptors (Lipinski definition) is 1. The first kappa shape index (κ1) is 12.2. The Hall–Kier alpha value is -1.31. The van der Waals surface area contributed by atoms with Crippen molar-refractivity contribution < 1.29 is 0 Å². The number of nitrogens with two attached hydrogens (primary N) is 1. The average molecular weight is 246 g/mol. The van der Waals surface area contributed by atoms with E-state index in [2.05, 4.69) is 24.3 Å². The predicted molar refractivity (Wildman–Crippen MR) is 73.1 cm³/mol. The van der Waals surface area contributed by atoms with E-state index in [0.717, 1.165) is 23.4 Å². The molecule has 0 fully saturated rings. The highest BCUT2D eigenvalue weighted by molar-refractivity contribution is 6.31. The summed E-state index contributed by atoms with van der Waals surface area (Å²) in [5.74, 6) is 0. The number of benzene rings is 2. The maximum Gasteiger partial charge on any atom is 0.0453 e. The summed E-state index contributed by atoms with van der Waals surface area (Å²) in [6.45, 7) is 0. The molecule has 0 aromatic heterocycles. The van der Waals surface area contributed by atoms with Crippen molar-refractivity contribution >= 4 is 11.6 Å². The van der Waals surface area contributed by atoms with Crippen molar-refractivity contribution in [3.05, 3.63) is 70.7 Å². The van der Waals surface area contributed by atoms with Crippen LogP contribution >= 0.6 is 11.6 Å². The lowest BCUT2D eigenvalue weighted by Crippen LogP contribution is -2.11. The van der Waals surface area contributed by atoms with E-state index in [9.17, 15) is 0 Å². The Kier molecular flexibility index (Phi) is 4.18. The monoisotopic (exact) mass is 245 g/mol. The van der Waals surface area contributed by atoms with Crippen LogP contribution in [0.2, 0.25) is 5.02 Å². The van der Waals surface area contributed by atoms with E-state index in [1.807, 2.05) is 30.3 Å². The number of aryl methyl sites for hydroxylation is 1. The molecule has 0 bridgehead atoms. The molecule has 0 radical (unpaired) electrons. The maximum atomic E-state index is 6.16. The first-order valence-corrected chi connectivity index (χ1v) is 6.19. The number of rotatable bonds is 4. The molecular weight excluding hydrogens is 230 g/mol. The number of halogens is 1. The summed E-state index contributed by atoms with van der Waals surface area (Å²) in [7, 11) is 0. The van der Waals surface area contributed by atoms with Gasteiger partial charge in [0.1, 0.15) is 0 Å². The quantitative estimate of drug-likeness (QED) is 0.867. The molecule has 0 aliphatic heterocycles. The summed E-state index contributed by atoms with van der Waals surface area (Å²) >= 11 is 6.12. The smallest absolute Gasteiger partial charge is 0.0453 e. The van der Waals surface area contributed by atoms with E-state index >= 15 is 0 Å². The first-order valence-electron chi connectivity index (χ1n) is 5.81. The van der Waals surface area contributed by atoms with Crippen molar-refractivity contribution in [1.29, 1.82) is 0 Å². The van der Waals surface area contributed by atoms with Crippen LogP contribution in [0.4, 0.5) is 0 Å². The van der Waals surface area contributed by atoms with Crippen LogP contribution in [-0.2, 0) is 6.42 Å². The molecule has 17 heavy (non-hydrogen) atoms. The average Bonchev–Trinajstić information content (AvgIpc) is 2.38. The van der Waals surface area contributed by atoms with Crippen molar-refractivity contribution in [3.8, 4) is 0 Å². The lowest BCUT2D eigenvalue weighted by atomic mass is 10.00. The van der Waals surface area contributed by atoms with Crippen molar-refractivity contribution in [1.82, 2.24) is 0 Å². The molecular formula is C15H16ClN. The Bertz CT molecular complexity index is 467. The lowest BCUT2D eigenvalue weighted by Gasteiger charge is -2.13. The van der Waals surface area contributed by atoms with Gasteiger partial charge in [0.05, 0.1) is 0 Å². The minimum atomic E-state index is 0.00362. The third-order valence-electron chi connectivity index (χ3n) is 2.89. The van der Waals surface area contributed by atoms with E-state index in [1.165, 1.54) is 5.56 Å². The summed E-state index contributed by atoms with van der Waals surface area (Å²) < 4.78 is 0. The molecule has 0 saturated carbocycles. The largest absolute Gasteiger partial charge is 0.324 e. The van der Waals surface area contributed by atoms with E-state index < -0.39 is 0 Å². The van der Waals surface area contributed by atoms with Crippen LogP contribution in [0.5, 0.6) is 0 Å². The highest BCUT2D eigenvalue weighted by Crippen LogP contribution is 2.24.